The number of carbonyl (C=O) groups is 1. The van der Waals surface area contributed by atoms with Gasteiger partial charge in [-0.2, -0.15) is 0 Å². The zero-order valence-corrected chi connectivity index (χ0v) is 16.4. The lowest BCUT2D eigenvalue weighted by Crippen LogP contribution is -2.14. The average molecular weight is 386 g/mol. The van der Waals surface area contributed by atoms with Gasteiger partial charge in [0.25, 0.3) is 0 Å². The molecule has 5 heteroatoms. The van der Waals surface area contributed by atoms with E-state index in [4.69, 9.17) is 9.47 Å². The number of ether oxygens (including phenoxy) is 2. The van der Waals surface area contributed by atoms with E-state index in [1.165, 1.54) is 23.9 Å². The number of para-hydroxylation sites is 1. The molecule has 29 heavy (non-hydrogen) atoms. The molecule has 146 valence electrons. The second kappa shape index (κ2) is 6.85. The van der Waals surface area contributed by atoms with Gasteiger partial charge in [-0.05, 0) is 47.9 Å². The molecule has 2 aliphatic heterocycles. The molecule has 5 rings (SSSR count). The zero-order valence-electron chi connectivity index (χ0n) is 16.4. The predicted molar refractivity (Wildman–Crippen MR) is 113 cm³/mol. The van der Waals surface area contributed by atoms with Crippen LogP contribution in [-0.4, -0.2) is 26.7 Å². The Morgan fingerprint density at radius 1 is 1.07 bits per heavy atom. The van der Waals surface area contributed by atoms with Crippen LogP contribution in [0.3, 0.4) is 0 Å². The minimum atomic E-state index is -0.334. The Morgan fingerprint density at radius 3 is 2.66 bits per heavy atom. The number of fused-ring (bicyclic) bond motifs is 2. The number of methoxy groups -OCH3 is 2. The molecule has 0 bridgehead atoms. The van der Waals surface area contributed by atoms with E-state index in [2.05, 4.69) is 40.5 Å². The summed E-state index contributed by atoms with van der Waals surface area (Å²) in [5, 5.41) is 3.69. The Kier molecular flexibility index (Phi) is 4.16. The fraction of sp³-hybridized carbons (Fsp3) is 0.208. The predicted octanol–water partition coefficient (Wildman–Crippen LogP) is 4.69. The van der Waals surface area contributed by atoms with Crippen LogP contribution in [0.25, 0.3) is 0 Å². The molecule has 0 spiro atoms. The number of nitrogens with one attached hydrogen (secondary N) is 1. The standard InChI is InChI=1S/C24H22N2O3/c1-28-18-9-6-15(7-10-18)22-19-5-3-4-16-12-13-26(23(16)19)21-11-8-17(24(27)29-2)14-20(21)25-22/h3-11,14,22,25H,12-13H2,1-2H3. The normalized spacial score (nSPS) is 16.3. The van der Waals surface area contributed by atoms with Crippen LogP contribution in [0.1, 0.15) is 33.1 Å². The van der Waals surface area contributed by atoms with Crippen LogP contribution in [0.5, 0.6) is 5.75 Å². The number of benzene rings is 3. The van der Waals surface area contributed by atoms with Crippen LogP contribution in [0.15, 0.2) is 60.7 Å². The molecule has 1 N–H and O–H groups in total. The van der Waals surface area contributed by atoms with Crippen molar-refractivity contribution in [2.24, 2.45) is 0 Å². The van der Waals surface area contributed by atoms with Crippen LogP contribution in [0.2, 0.25) is 0 Å². The van der Waals surface area contributed by atoms with Gasteiger partial charge in [-0.25, -0.2) is 4.79 Å². The van der Waals surface area contributed by atoms with E-state index >= 15 is 0 Å². The SMILES string of the molecule is COC(=O)c1ccc2c(c1)NC(c1ccc(OC)cc1)c1cccc3c1N2CC3. The van der Waals surface area contributed by atoms with Crippen molar-refractivity contribution in [3.8, 4) is 5.75 Å². The van der Waals surface area contributed by atoms with E-state index in [1.54, 1.807) is 7.11 Å². The maximum atomic E-state index is 12.1. The zero-order chi connectivity index (χ0) is 20.0. The summed E-state index contributed by atoms with van der Waals surface area (Å²) in [6, 6.07) is 20.4. The van der Waals surface area contributed by atoms with Gasteiger partial charge in [-0.3, -0.25) is 0 Å². The lowest BCUT2D eigenvalue weighted by atomic mass is 9.95. The molecule has 0 aliphatic carbocycles. The highest BCUT2D eigenvalue weighted by Crippen LogP contribution is 2.48. The Balaban J connectivity index is 1.69. The molecule has 1 unspecified atom stereocenters. The number of hydrogen-bond acceptors (Lipinski definition) is 5. The summed E-state index contributed by atoms with van der Waals surface area (Å²) in [7, 11) is 3.08. The van der Waals surface area contributed by atoms with Crippen molar-refractivity contribution in [1.82, 2.24) is 0 Å². The molecule has 3 aromatic rings. The molecule has 2 aliphatic rings. The molecule has 0 amide bonds. The third-order valence-corrected chi connectivity index (χ3v) is 5.79. The largest absolute Gasteiger partial charge is 0.497 e. The lowest BCUT2D eigenvalue weighted by molar-refractivity contribution is 0.0601. The number of anilines is 3. The van der Waals surface area contributed by atoms with Crippen LogP contribution in [-0.2, 0) is 11.2 Å². The van der Waals surface area contributed by atoms with Gasteiger partial charge in [-0.1, -0.05) is 30.3 Å². The van der Waals surface area contributed by atoms with E-state index < -0.39 is 0 Å². The molecular formula is C24H22N2O3. The van der Waals surface area contributed by atoms with Gasteiger partial charge in [0.2, 0.25) is 0 Å². The molecule has 0 saturated heterocycles. The van der Waals surface area contributed by atoms with Gasteiger partial charge < -0.3 is 19.7 Å². The highest BCUT2D eigenvalue weighted by atomic mass is 16.5. The maximum Gasteiger partial charge on any atom is 0.337 e. The van der Waals surface area contributed by atoms with Crippen molar-refractivity contribution in [2.75, 3.05) is 31.0 Å². The third kappa shape index (κ3) is 2.81. The van der Waals surface area contributed by atoms with Crippen LogP contribution in [0, 0.1) is 0 Å². The first-order chi connectivity index (χ1) is 14.2. The highest BCUT2D eigenvalue weighted by molar-refractivity contribution is 5.94. The first-order valence-corrected chi connectivity index (χ1v) is 9.72. The molecule has 1 atom stereocenters. The average Bonchev–Trinajstić information content (AvgIpc) is 3.15. The molecule has 3 aromatic carbocycles. The molecule has 2 heterocycles. The first kappa shape index (κ1) is 17.6. The third-order valence-electron chi connectivity index (χ3n) is 5.79. The second-order valence-corrected chi connectivity index (χ2v) is 7.33. The smallest absolute Gasteiger partial charge is 0.337 e. The fourth-order valence-electron chi connectivity index (χ4n) is 4.38. The summed E-state index contributed by atoms with van der Waals surface area (Å²) < 4.78 is 10.3. The number of hydrogen-bond donors (Lipinski definition) is 1. The van der Waals surface area contributed by atoms with E-state index in [9.17, 15) is 4.79 Å². The van der Waals surface area contributed by atoms with Gasteiger partial charge in [0.05, 0.1) is 42.9 Å². The number of nitrogens with zero attached hydrogens (tertiary/aromatic N) is 1. The van der Waals surface area contributed by atoms with Crippen molar-refractivity contribution >= 4 is 23.0 Å². The van der Waals surface area contributed by atoms with Gasteiger partial charge in [0.15, 0.2) is 0 Å². The second-order valence-electron chi connectivity index (χ2n) is 7.33. The van der Waals surface area contributed by atoms with E-state index in [-0.39, 0.29) is 12.0 Å². The van der Waals surface area contributed by atoms with Crippen LogP contribution < -0.4 is 15.0 Å². The number of esters is 1. The molecule has 0 aromatic heterocycles. The first-order valence-electron chi connectivity index (χ1n) is 9.72. The Morgan fingerprint density at radius 2 is 1.90 bits per heavy atom. The van der Waals surface area contributed by atoms with Crippen LogP contribution in [0.4, 0.5) is 17.1 Å². The Hall–Kier alpha value is -3.47. The molecule has 5 nitrogen and oxygen atoms in total. The van der Waals surface area contributed by atoms with Gasteiger partial charge in [0.1, 0.15) is 5.75 Å². The van der Waals surface area contributed by atoms with E-state index in [0.717, 1.165) is 35.7 Å². The molecular weight excluding hydrogens is 364 g/mol. The van der Waals surface area contributed by atoms with Crippen molar-refractivity contribution in [3.05, 3.63) is 82.9 Å². The van der Waals surface area contributed by atoms with Crippen molar-refractivity contribution in [1.29, 1.82) is 0 Å². The van der Waals surface area contributed by atoms with Gasteiger partial charge in [-0.15, -0.1) is 0 Å². The van der Waals surface area contributed by atoms with Crippen molar-refractivity contribution in [3.63, 3.8) is 0 Å². The van der Waals surface area contributed by atoms with Crippen molar-refractivity contribution in [2.45, 2.75) is 12.5 Å². The summed E-state index contributed by atoms with van der Waals surface area (Å²) in [5.74, 6) is 0.495. The minimum absolute atomic E-state index is 0.0365. The topological polar surface area (TPSA) is 50.8 Å². The summed E-state index contributed by atoms with van der Waals surface area (Å²) in [6.07, 6.45) is 1.01. The fourth-order valence-corrected chi connectivity index (χ4v) is 4.38. The summed E-state index contributed by atoms with van der Waals surface area (Å²) >= 11 is 0. The van der Waals surface area contributed by atoms with Crippen LogP contribution >= 0.6 is 0 Å². The van der Waals surface area contributed by atoms with E-state index in [0.29, 0.717) is 5.56 Å². The van der Waals surface area contributed by atoms with Gasteiger partial charge in [0, 0.05) is 12.1 Å². The highest BCUT2D eigenvalue weighted by Gasteiger charge is 2.32. The summed E-state index contributed by atoms with van der Waals surface area (Å²) in [6.45, 7) is 0.925. The maximum absolute atomic E-state index is 12.1. The quantitative estimate of drug-likeness (QED) is 0.662. The molecule has 0 saturated carbocycles. The molecule has 0 fully saturated rings. The number of rotatable bonds is 3. The summed E-state index contributed by atoms with van der Waals surface area (Å²) in [4.78, 5) is 14.5. The Labute approximate surface area is 169 Å². The summed E-state index contributed by atoms with van der Waals surface area (Å²) in [5.41, 5.74) is 7.55. The lowest BCUT2D eigenvalue weighted by Gasteiger charge is -2.22. The van der Waals surface area contributed by atoms with Crippen molar-refractivity contribution < 1.29 is 14.3 Å². The minimum Gasteiger partial charge on any atom is -0.497 e. The number of carbonyl (C=O) groups excluding carboxylic acids is 1. The van der Waals surface area contributed by atoms with Gasteiger partial charge >= 0.3 is 5.97 Å². The monoisotopic (exact) mass is 386 g/mol. The molecule has 0 radical (unpaired) electrons. The Bertz CT molecular complexity index is 1090. The van der Waals surface area contributed by atoms with E-state index in [1.807, 2.05) is 30.3 Å².